The fourth-order valence-corrected chi connectivity index (χ4v) is 2.08. The summed E-state index contributed by atoms with van der Waals surface area (Å²) in [4.78, 5) is 20.4. The predicted molar refractivity (Wildman–Crippen MR) is 73.7 cm³/mol. The molecule has 1 N–H and O–H groups in total. The number of carbonyl (C=O) groups is 1. The summed E-state index contributed by atoms with van der Waals surface area (Å²) in [5, 5.41) is 3.39. The van der Waals surface area contributed by atoms with Crippen LogP contribution in [0.4, 0.5) is 0 Å². The van der Waals surface area contributed by atoms with Crippen molar-refractivity contribution in [2.45, 2.75) is 46.1 Å². The zero-order chi connectivity index (χ0) is 14.3. The first-order chi connectivity index (χ1) is 9.03. The van der Waals surface area contributed by atoms with Gasteiger partial charge in [-0.1, -0.05) is 6.92 Å². The van der Waals surface area contributed by atoms with Crippen molar-refractivity contribution in [3.8, 4) is 0 Å². The lowest BCUT2D eigenvalue weighted by Gasteiger charge is -2.30. The molecular weight excluding hydrogens is 242 g/mol. The van der Waals surface area contributed by atoms with E-state index in [1.807, 2.05) is 20.8 Å². The summed E-state index contributed by atoms with van der Waals surface area (Å²) in [6, 6.07) is 0. The Bertz CT molecular complexity index is 423. The number of carbonyl (C=O) groups excluding carboxylic acids is 1. The molecule has 0 aromatic carbocycles. The van der Waals surface area contributed by atoms with Crippen LogP contribution in [-0.2, 0) is 15.1 Å². The molecule has 0 aliphatic carbocycles. The van der Waals surface area contributed by atoms with Crippen molar-refractivity contribution >= 4 is 5.97 Å². The van der Waals surface area contributed by atoms with Gasteiger partial charge in [0.25, 0.3) is 0 Å². The van der Waals surface area contributed by atoms with Gasteiger partial charge in [-0.25, -0.2) is 0 Å². The zero-order valence-corrected chi connectivity index (χ0v) is 12.2. The van der Waals surface area contributed by atoms with Crippen LogP contribution in [0.25, 0.3) is 0 Å². The van der Waals surface area contributed by atoms with Crippen LogP contribution < -0.4 is 5.32 Å². The van der Waals surface area contributed by atoms with E-state index in [0.29, 0.717) is 6.61 Å². The van der Waals surface area contributed by atoms with Crippen molar-refractivity contribution < 1.29 is 9.53 Å². The average molecular weight is 265 g/mol. The molecule has 5 heteroatoms. The maximum Gasteiger partial charge on any atom is 0.308 e. The molecule has 0 aliphatic rings. The maximum atomic E-state index is 11.8. The normalized spacial score (nSPS) is 13.9. The second-order valence-corrected chi connectivity index (χ2v) is 4.73. The van der Waals surface area contributed by atoms with E-state index in [1.165, 1.54) is 0 Å². The minimum absolute atomic E-state index is 0.223. The van der Waals surface area contributed by atoms with Crippen LogP contribution in [0.5, 0.6) is 0 Å². The summed E-state index contributed by atoms with van der Waals surface area (Å²) in [6.45, 7) is 8.97. The molecule has 0 saturated carbocycles. The number of aryl methyl sites for hydroxylation is 1. The number of aromatic nitrogens is 2. The van der Waals surface area contributed by atoms with Crippen LogP contribution in [0.3, 0.4) is 0 Å². The average Bonchev–Trinajstić information content (AvgIpc) is 2.37. The summed E-state index contributed by atoms with van der Waals surface area (Å²) in [7, 11) is 0. The SMILES string of the molecule is CCCNC(C)(CC(=O)OCC)c1nccnc1C. The fraction of sp³-hybridized carbons (Fsp3) is 0.643. The van der Waals surface area contributed by atoms with Crippen molar-refractivity contribution in [2.24, 2.45) is 0 Å². The minimum Gasteiger partial charge on any atom is -0.466 e. The molecule has 1 atom stereocenters. The zero-order valence-electron chi connectivity index (χ0n) is 12.2. The van der Waals surface area contributed by atoms with Crippen LogP contribution >= 0.6 is 0 Å². The van der Waals surface area contributed by atoms with E-state index in [2.05, 4.69) is 22.2 Å². The van der Waals surface area contributed by atoms with E-state index in [4.69, 9.17) is 4.74 Å². The molecule has 19 heavy (non-hydrogen) atoms. The van der Waals surface area contributed by atoms with Gasteiger partial charge in [0, 0.05) is 12.4 Å². The quantitative estimate of drug-likeness (QED) is 0.763. The lowest BCUT2D eigenvalue weighted by Crippen LogP contribution is -2.43. The van der Waals surface area contributed by atoms with Gasteiger partial charge in [-0.15, -0.1) is 0 Å². The molecule has 1 rings (SSSR count). The number of hydrogen-bond donors (Lipinski definition) is 1. The first kappa shape index (κ1) is 15.6. The van der Waals surface area contributed by atoms with Crippen LogP contribution in [0.15, 0.2) is 12.4 Å². The van der Waals surface area contributed by atoms with Gasteiger partial charge in [-0.3, -0.25) is 14.8 Å². The lowest BCUT2D eigenvalue weighted by atomic mass is 9.91. The molecule has 0 bridgehead atoms. The van der Waals surface area contributed by atoms with Gasteiger partial charge in [0.05, 0.1) is 30.0 Å². The molecule has 1 aromatic rings. The maximum absolute atomic E-state index is 11.8. The Hall–Kier alpha value is -1.49. The molecule has 0 aliphatic heterocycles. The highest BCUT2D eigenvalue weighted by Crippen LogP contribution is 2.25. The molecule has 5 nitrogen and oxygen atoms in total. The van der Waals surface area contributed by atoms with Crippen molar-refractivity contribution in [3.05, 3.63) is 23.8 Å². The minimum atomic E-state index is -0.541. The molecule has 0 spiro atoms. The monoisotopic (exact) mass is 265 g/mol. The summed E-state index contributed by atoms with van der Waals surface area (Å²) < 4.78 is 5.05. The Labute approximate surface area is 114 Å². The number of nitrogens with one attached hydrogen (secondary N) is 1. The smallest absolute Gasteiger partial charge is 0.308 e. The van der Waals surface area contributed by atoms with E-state index in [-0.39, 0.29) is 12.4 Å². The van der Waals surface area contributed by atoms with Gasteiger partial charge in [-0.2, -0.15) is 0 Å². The molecule has 0 fully saturated rings. The van der Waals surface area contributed by atoms with Crippen LogP contribution in [0.2, 0.25) is 0 Å². The third kappa shape index (κ3) is 4.28. The van der Waals surface area contributed by atoms with Crippen molar-refractivity contribution in [1.29, 1.82) is 0 Å². The molecule has 1 aromatic heterocycles. The highest BCUT2D eigenvalue weighted by molar-refractivity contribution is 5.71. The van der Waals surface area contributed by atoms with Crippen LogP contribution in [0, 0.1) is 6.92 Å². The first-order valence-electron chi connectivity index (χ1n) is 6.72. The van der Waals surface area contributed by atoms with E-state index < -0.39 is 5.54 Å². The molecule has 0 saturated heterocycles. The summed E-state index contributed by atoms with van der Waals surface area (Å²) in [5.41, 5.74) is 1.09. The third-order valence-corrected chi connectivity index (χ3v) is 2.97. The number of rotatable bonds is 7. The summed E-state index contributed by atoms with van der Waals surface area (Å²) in [5.74, 6) is -0.223. The molecular formula is C14H23N3O2. The Morgan fingerprint density at radius 3 is 2.63 bits per heavy atom. The molecule has 0 amide bonds. The van der Waals surface area contributed by atoms with E-state index in [1.54, 1.807) is 12.4 Å². The molecule has 0 radical (unpaired) electrons. The number of nitrogens with zero attached hydrogens (tertiary/aromatic N) is 2. The highest BCUT2D eigenvalue weighted by Gasteiger charge is 2.32. The van der Waals surface area contributed by atoms with E-state index in [9.17, 15) is 4.79 Å². The topological polar surface area (TPSA) is 64.1 Å². The second kappa shape index (κ2) is 7.19. The highest BCUT2D eigenvalue weighted by atomic mass is 16.5. The van der Waals surface area contributed by atoms with E-state index >= 15 is 0 Å². The number of hydrogen-bond acceptors (Lipinski definition) is 5. The molecule has 1 heterocycles. The number of esters is 1. The summed E-state index contributed by atoms with van der Waals surface area (Å²) >= 11 is 0. The van der Waals surface area contributed by atoms with Crippen molar-refractivity contribution in [3.63, 3.8) is 0 Å². The van der Waals surface area contributed by atoms with Crippen molar-refractivity contribution in [2.75, 3.05) is 13.2 Å². The van der Waals surface area contributed by atoms with Gasteiger partial charge in [0.15, 0.2) is 0 Å². The van der Waals surface area contributed by atoms with Gasteiger partial charge in [-0.05, 0) is 33.7 Å². The Kier molecular flexibility index (Phi) is 5.89. The Balaban J connectivity index is 2.98. The Morgan fingerprint density at radius 2 is 2.05 bits per heavy atom. The van der Waals surface area contributed by atoms with Gasteiger partial charge in [0.1, 0.15) is 0 Å². The lowest BCUT2D eigenvalue weighted by molar-refractivity contribution is -0.144. The largest absolute Gasteiger partial charge is 0.466 e. The number of ether oxygens (including phenoxy) is 1. The molecule has 1 unspecified atom stereocenters. The predicted octanol–water partition coefficient (Wildman–Crippen LogP) is 1.95. The van der Waals surface area contributed by atoms with Crippen molar-refractivity contribution in [1.82, 2.24) is 15.3 Å². The van der Waals surface area contributed by atoms with Crippen LogP contribution in [-0.4, -0.2) is 29.1 Å². The second-order valence-electron chi connectivity index (χ2n) is 4.73. The standard InChI is InChI=1S/C14H23N3O2/c1-5-7-17-14(4,10-12(18)19-6-2)13-11(3)15-8-9-16-13/h8-9,17H,5-7,10H2,1-4H3. The van der Waals surface area contributed by atoms with Gasteiger partial charge >= 0.3 is 5.97 Å². The van der Waals surface area contributed by atoms with Gasteiger partial charge < -0.3 is 10.1 Å². The first-order valence-corrected chi connectivity index (χ1v) is 6.72. The fourth-order valence-electron chi connectivity index (χ4n) is 2.08. The van der Waals surface area contributed by atoms with E-state index in [0.717, 1.165) is 24.4 Å². The summed E-state index contributed by atoms with van der Waals surface area (Å²) in [6.07, 6.45) is 4.54. The third-order valence-electron chi connectivity index (χ3n) is 2.97. The molecule has 106 valence electrons. The Morgan fingerprint density at radius 1 is 1.37 bits per heavy atom. The van der Waals surface area contributed by atoms with Gasteiger partial charge in [0.2, 0.25) is 0 Å². The van der Waals surface area contributed by atoms with Crippen LogP contribution in [0.1, 0.15) is 45.0 Å².